The Hall–Kier alpha value is -2.67. The van der Waals surface area contributed by atoms with E-state index >= 15 is 0 Å². The number of aryl methyl sites for hydroxylation is 1. The van der Waals surface area contributed by atoms with Crippen molar-refractivity contribution in [2.75, 3.05) is 12.4 Å². The van der Waals surface area contributed by atoms with Crippen LogP contribution < -0.4 is 5.32 Å². The third kappa shape index (κ3) is 5.69. The molecule has 0 bridgehead atoms. The maximum Gasteiger partial charge on any atom is 0.258 e. The van der Waals surface area contributed by atoms with Crippen LogP contribution >= 0.6 is 15.9 Å². The molecule has 6 nitrogen and oxygen atoms in total. The molecule has 0 unspecified atom stereocenters. The molecule has 2 aromatic carbocycles. The van der Waals surface area contributed by atoms with Crippen molar-refractivity contribution in [2.45, 2.75) is 65.0 Å². The first-order valence-corrected chi connectivity index (χ1v) is 13.1. The van der Waals surface area contributed by atoms with Crippen molar-refractivity contribution in [1.82, 2.24) is 14.5 Å². The lowest BCUT2D eigenvalue weighted by molar-refractivity contribution is -0.135. The Bertz CT molecular complexity index is 1170. The number of nitrogens with zero attached hydrogens (tertiary/aromatic N) is 3. The highest BCUT2D eigenvalue weighted by Crippen LogP contribution is 2.27. The number of rotatable bonds is 8. The minimum atomic E-state index is -0.188. The molecule has 34 heavy (non-hydrogen) atoms. The van der Waals surface area contributed by atoms with Gasteiger partial charge in [0.1, 0.15) is 0 Å². The van der Waals surface area contributed by atoms with E-state index in [1.807, 2.05) is 36.2 Å². The lowest BCUT2D eigenvalue weighted by Crippen LogP contribution is -2.33. The van der Waals surface area contributed by atoms with Crippen LogP contribution in [0, 0.1) is 5.92 Å². The molecule has 1 aliphatic rings. The molecule has 0 spiro atoms. The van der Waals surface area contributed by atoms with E-state index in [9.17, 15) is 9.59 Å². The van der Waals surface area contributed by atoms with Crippen LogP contribution in [0.15, 0.2) is 46.9 Å². The van der Waals surface area contributed by atoms with Crippen LogP contribution in [-0.4, -0.2) is 33.3 Å². The van der Waals surface area contributed by atoms with Crippen molar-refractivity contribution < 1.29 is 9.59 Å². The van der Waals surface area contributed by atoms with E-state index in [0.717, 1.165) is 66.1 Å². The molecule has 0 aliphatic heterocycles. The third-order valence-electron chi connectivity index (χ3n) is 6.61. The number of hydrogen-bond donors (Lipinski definition) is 1. The fourth-order valence-corrected chi connectivity index (χ4v) is 5.12. The van der Waals surface area contributed by atoms with E-state index in [2.05, 4.69) is 38.8 Å². The SMILES string of the molecule is CCCCn1c(NC(=O)c2cccc(Br)c2)nc2ccc(CN(C)C(=O)C3CCCCC3)cc21. The number of nitrogens with one attached hydrogen (secondary N) is 1. The zero-order valence-electron chi connectivity index (χ0n) is 20.0. The van der Waals surface area contributed by atoms with Crippen molar-refractivity contribution in [1.29, 1.82) is 0 Å². The van der Waals surface area contributed by atoms with E-state index in [0.29, 0.717) is 18.1 Å². The fraction of sp³-hybridized carbons (Fsp3) is 0.444. The van der Waals surface area contributed by atoms with Crippen LogP contribution in [0.2, 0.25) is 0 Å². The van der Waals surface area contributed by atoms with Crippen LogP contribution in [0.1, 0.15) is 67.8 Å². The van der Waals surface area contributed by atoms with Gasteiger partial charge in [-0.3, -0.25) is 14.9 Å². The smallest absolute Gasteiger partial charge is 0.258 e. The number of halogens is 1. The third-order valence-corrected chi connectivity index (χ3v) is 7.10. The van der Waals surface area contributed by atoms with Gasteiger partial charge >= 0.3 is 0 Å². The predicted molar refractivity (Wildman–Crippen MR) is 140 cm³/mol. The van der Waals surface area contributed by atoms with E-state index in [4.69, 9.17) is 4.98 Å². The Morgan fingerprint density at radius 3 is 2.68 bits per heavy atom. The first-order valence-electron chi connectivity index (χ1n) is 12.3. The van der Waals surface area contributed by atoms with Crippen molar-refractivity contribution in [3.63, 3.8) is 0 Å². The molecule has 0 radical (unpaired) electrons. The number of benzene rings is 2. The number of carbonyl (C=O) groups excluding carboxylic acids is 2. The molecule has 1 fully saturated rings. The number of fused-ring (bicyclic) bond motifs is 1. The van der Waals surface area contributed by atoms with E-state index in [-0.39, 0.29) is 17.7 Å². The van der Waals surface area contributed by atoms with E-state index < -0.39 is 0 Å². The second-order valence-corrected chi connectivity index (χ2v) is 10.2. The molecule has 4 rings (SSSR count). The number of carbonyl (C=O) groups is 2. The molecular weight excluding hydrogens is 492 g/mol. The largest absolute Gasteiger partial charge is 0.341 e. The standard InChI is InChI=1S/C27H33BrN4O2/c1-3-4-15-32-24-16-19(18-31(2)26(34)20-9-6-5-7-10-20)13-14-23(24)29-27(32)30-25(33)21-11-8-12-22(28)17-21/h8,11-14,16-17,20H,3-7,9-10,15,18H2,1-2H3,(H,29,30,33). The number of aromatic nitrogens is 2. The Morgan fingerprint density at radius 1 is 1.15 bits per heavy atom. The molecule has 1 aliphatic carbocycles. The van der Waals surface area contributed by atoms with Crippen molar-refractivity contribution in [3.8, 4) is 0 Å². The van der Waals surface area contributed by atoms with Gasteiger partial charge < -0.3 is 9.47 Å². The van der Waals surface area contributed by atoms with Crippen LogP contribution in [0.3, 0.4) is 0 Å². The summed E-state index contributed by atoms with van der Waals surface area (Å²) in [6, 6.07) is 13.4. The highest BCUT2D eigenvalue weighted by atomic mass is 79.9. The van der Waals surface area contributed by atoms with Gasteiger partial charge in [-0.25, -0.2) is 4.98 Å². The van der Waals surface area contributed by atoms with Crippen molar-refractivity contribution in [3.05, 3.63) is 58.1 Å². The quantitative estimate of drug-likeness (QED) is 0.371. The first kappa shape index (κ1) is 24.5. The molecule has 3 aromatic rings. The van der Waals surface area contributed by atoms with Gasteiger partial charge in [-0.05, 0) is 55.2 Å². The first-order chi connectivity index (χ1) is 16.5. The maximum atomic E-state index is 12.9. The van der Waals surface area contributed by atoms with Crippen LogP contribution in [0.4, 0.5) is 5.95 Å². The average molecular weight is 525 g/mol. The van der Waals surface area contributed by atoms with E-state index in [1.165, 1.54) is 6.42 Å². The van der Waals surface area contributed by atoms with Crippen molar-refractivity contribution >= 4 is 44.7 Å². The molecule has 1 heterocycles. The predicted octanol–water partition coefficient (Wildman–Crippen LogP) is 6.39. The van der Waals surface area contributed by atoms with Gasteiger partial charge in [0.15, 0.2) is 0 Å². The van der Waals surface area contributed by atoms with Crippen LogP contribution in [0.25, 0.3) is 11.0 Å². The minimum absolute atomic E-state index is 0.164. The Kier molecular flexibility index (Phi) is 8.03. The zero-order valence-corrected chi connectivity index (χ0v) is 21.6. The highest BCUT2D eigenvalue weighted by Gasteiger charge is 2.24. The second kappa shape index (κ2) is 11.2. The number of amides is 2. The summed E-state index contributed by atoms with van der Waals surface area (Å²) >= 11 is 3.43. The summed E-state index contributed by atoms with van der Waals surface area (Å²) < 4.78 is 2.94. The number of imidazole rings is 1. The highest BCUT2D eigenvalue weighted by molar-refractivity contribution is 9.10. The summed E-state index contributed by atoms with van der Waals surface area (Å²) in [4.78, 5) is 32.4. The average Bonchev–Trinajstić information content (AvgIpc) is 3.18. The molecule has 1 saturated carbocycles. The molecule has 180 valence electrons. The van der Waals surface area contributed by atoms with Crippen LogP contribution in [-0.2, 0) is 17.9 Å². The Morgan fingerprint density at radius 2 is 1.94 bits per heavy atom. The van der Waals surface area contributed by atoms with Gasteiger partial charge in [-0.1, -0.05) is 60.7 Å². The number of anilines is 1. The zero-order chi connectivity index (χ0) is 24.1. The van der Waals surface area contributed by atoms with Gasteiger partial charge in [0.05, 0.1) is 11.0 Å². The molecule has 7 heteroatoms. The monoisotopic (exact) mass is 524 g/mol. The lowest BCUT2D eigenvalue weighted by atomic mass is 9.88. The fourth-order valence-electron chi connectivity index (χ4n) is 4.72. The van der Waals surface area contributed by atoms with E-state index in [1.54, 1.807) is 12.1 Å². The minimum Gasteiger partial charge on any atom is -0.341 e. The van der Waals surface area contributed by atoms with Gasteiger partial charge in [-0.2, -0.15) is 0 Å². The van der Waals surface area contributed by atoms with Gasteiger partial charge in [0, 0.05) is 36.1 Å². The molecule has 0 saturated heterocycles. The van der Waals surface area contributed by atoms with Crippen LogP contribution in [0.5, 0.6) is 0 Å². The molecule has 1 aromatic heterocycles. The summed E-state index contributed by atoms with van der Waals surface area (Å²) in [6.45, 7) is 3.49. The number of hydrogen-bond acceptors (Lipinski definition) is 3. The summed E-state index contributed by atoms with van der Waals surface area (Å²) in [5.74, 6) is 0.781. The summed E-state index contributed by atoms with van der Waals surface area (Å²) in [7, 11) is 1.90. The topological polar surface area (TPSA) is 67.2 Å². The molecule has 1 N–H and O–H groups in total. The summed E-state index contributed by atoms with van der Waals surface area (Å²) in [5, 5.41) is 3.00. The molecule has 0 atom stereocenters. The summed E-state index contributed by atoms with van der Waals surface area (Å²) in [6.07, 6.45) is 7.58. The van der Waals surface area contributed by atoms with Gasteiger partial charge in [0.25, 0.3) is 5.91 Å². The Balaban J connectivity index is 1.57. The molecular formula is C27H33BrN4O2. The normalized spacial score (nSPS) is 14.3. The second-order valence-electron chi connectivity index (χ2n) is 9.26. The van der Waals surface area contributed by atoms with Gasteiger partial charge in [0.2, 0.25) is 11.9 Å². The maximum absolute atomic E-state index is 12.9. The number of unbranched alkanes of at least 4 members (excludes halogenated alkanes) is 1. The Labute approximate surface area is 209 Å². The lowest BCUT2D eigenvalue weighted by Gasteiger charge is -2.26. The summed E-state index contributed by atoms with van der Waals surface area (Å²) in [5.41, 5.74) is 3.47. The molecule has 2 amide bonds. The van der Waals surface area contributed by atoms with Gasteiger partial charge in [-0.15, -0.1) is 0 Å². The van der Waals surface area contributed by atoms with Crippen molar-refractivity contribution in [2.24, 2.45) is 5.92 Å².